The lowest BCUT2D eigenvalue weighted by molar-refractivity contribution is 0.0275. The Morgan fingerprint density at radius 3 is 2.25 bits per heavy atom. The molecule has 2 rings (SSSR count). The molecule has 1 saturated heterocycles. The molecular formula is C12H17NO5S2. The van der Waals surface area contributed by atoms with Crippen LogP contribution < -0.4 is 5.32 Å². The smallest absolute Gasteiger partial charge is 0.176 e. The number of rotatable bonds is 3. The molecule has 1 atom stereocenters. The van der Waals surface area contributed by atoms with Crippen molar-refractivity contribution in [2.24, 2.45) is 0 Å². The van der Waals surface area contributed by atoms with Gasteiger partial charge in [0.05, 0.1) is 22.5 Å². The molecule has 1 aliphatic rings. The van der Waals surface area contributed by atoms with Gasteiger partial charge in [0, 0.05) is 25.6 Å². The molecule has 1 aromatic carbocycles. The SMILES string of the molecule is CS(=O)(=O)c1ccc(C2CNCCO2)cc1S(C)(=O)=O. The highest BCUT2D eigenvalue weighted by Crippen LogP contribution is 2.27. The summed E-state index contributed by atoms with van der Waals surface area (Å²) in [4.78, 5) is -0.348. The zero-order valence-electron chi connectivity index (χ0n) is 11.3. The summed E-state index contributed by atoms with van der Waals surface area (Å²) in [5.41, 5.74) is 0.657. The van der Waals surface area contributed by atoms with Crippen LogP contribution in [0.3, 0.4) is 0 Å². The summed E-state index contributed by atoms with van der Waals surface area (Å²) in [5, 5.41) is 3.14. The van der Waals surface area contributed by atoms with Gasteiger partial charge in [-0.2, -0.15) is 0 Å². The molecule has 0 spiro atoms. The van der Waals surface area contributed by atoms with Crippen LogP contribution in [0.25, 0.3) is 0 Å². The van der Waals surface area contributed by atoms with E-state index in [-0.39, 0.29) is 15.9 Å². The maximum absolute atomic E-state index is 11.8. The molecule has 0 aliphatic carbocycles. The van der Waals surface area contributed by atoms with E-state index in [1.165, 1.54) is 12.1 Å². The van der Waals surface area contributed by atoms with Crippen LogP contribution in [0, 0.1) is 0 Å². The van der Waals surface area contributed by atoms with Crippen LogP contribution in [0.2, 0.25) is 0 Å². The van der Waals surface area contributed by atoms with Gasteiger partial charge in [-0.15, -0.1) is 0 Å². The van der Waals surface area contributed by atoms with Crippen LogP contribution in [0.5, 0.6) is 0 Å². The third-order valence-electron chi connectivity index (χ3n) is 3.07. The molecule has 0 radical (unpaired) electrons. The van der Waals surface area contributed by atoms with Gasteiger partial charge in [-0.3, -0.25) is 0 Å². The molecule has 112 valence electrons. The van der Waals surface area contributed by atoms with Gasteiger partial charge in [-0.1, -0.05) is 6.07 Å². The molecule has 1 heterocycles. The Morgan fingerprint density at radius 2 is 1.75 bits per heavy atom. The predicted octanol–water partition coefficient (Wildman–Crippen LogP) is 0.155. The van der Waals surface area contributed by atoms with Gasteiger partial charge in [0.25, 0.3) is 0 Å². The van der Waals surface area contributed by atoms with Crippen molar-refractivity contribution in [1.29, 1.82) is 0 Å². The average Bonchev–Trinajstić information content (AvgIpc) is 2.37. The molecule has 1 aromatic rings. The first-order valence-electron chi connectivity index (χ1n) is 6.06. The Labute approximate surface area is 119 Å². The van der Waals surface area contributed by atoms with E-state index >= 15 is 0 Å². The molecule has 0 bridgehead atoms. The number of morpholine rings is 1. The van der Waals surface area contributed by atoms with Crippen LogP contribution >= 0.6 is 0 Å². The van der Waals surface area contributed by atoms with Crippen LogP contribution in [-0.4, -0.2) is 49.0 Å². The number of nitrogens with one attached hydrogen (secondary N) is 1. The first-order valence-corrected chi connectivity index (χ1v) is 9.84. The maximum Gasteiger partial charge on any atom is 0.176 e. The number of sulfone groups is 2. The van der Waals surface area contributed by atoms with E-state index in [1.54, 1.807) is 6.07 Å². The van der Waals surface area contributed by atoms with Crippen molar-refractivity contribution in [3.05, 3.63) is 23.8 Å². The number of benzene rings is 1. The summed E-state index contributed by atoms with van der Waals surface area (Å²) >= 11 is 0. The van der Waals surface area contributed by atoms with E-state index in [9.17, 15) is 16.8 Å². The second-order valence-corrected chi connectivity index (χ2v) is 8.78. The van der Waals surface area contributed by atoms with Crippen LogP contribution in [-0.2, 0) is 24.4 Å². The fourth-order valence-corrected chi connectivity index (χ4v) is 4.53. The molecule has 20 heavy (non-hydrogen) atoms. The fraction of sp³-hybridized carbons (Fsp3) is 0.500. The van der Waals surface area contributed by atoms with Crippen LogP contribution in [0.15, 0.2) is 28.0 Å². The minimum atomic E-state index is -3.63. The van der Waals surface area contributed by atoms with Crippen molar-refractivity contribution in [3.63, 3.8) is 0 Å². The molecule has 0 amide bonds. The molecule has 0 aromatic heterocycles. The average molecular weight is 319 g/mol. The van der Waals surface area contributed by atoms with Gasteiger partial charge in [0.2, 0.25) is 0 Å². The van der Waals surface area contributed by atoms with E-state index in [0.29, 0.717) is 18.7 Å². The molecule has 0 saturated carbocycles. The van der Waals surface area contributed by atoms with Gasteiger partial charge in [-0.05, 0) is 17.7 Å². The van der Waals surface area contributed by atoms with Crippen LogP contribution in [0.1, 0.15) is 11.7 Å². The molecule has 6 nitrogen and oxygen atoms in total. The van der Waals surface area contributed by atoms with E-state index < -0.39 is 19.7 Å². The summed E-state index contributed by atoms with van der Waals surface area (Å²) in [6, 6.07) is 4.32. The van der Waals surface area contributed by atoms with E-state index in [4.69, 9.17) is 4.74 Å². The van der Waals surface area contributed by atoms with Crippen LogP contribution in [0.4, 0.5) is 0 Å². The third-order valence-corrected chi connectivity index (χ3v) is 5.49. The van der Waals surface area contributed by atoms with Gasteiger partial charge in [-0.25, -0.2) is 16.8 Å². The lowest BCUT2D eigenvalue weighted by atomic mass is 10.1. The Hall–Kier alpha value is -0.960. The Kier molecular flexibility index (Phi) is 4.19. The van der Waals surface area contributed by atoms with Gasteiger partial charge >= 0.3 is 0 Å². The van der Waals surface area contributed by atoms with Crippen molar-refractivity contribution in [2.45, 2.75) is 15.9 Å². The second-order valence-electron chi connectivity index (χ2n) is 4.81. The first kappa shape index (κ1) is 15.4. The predicted molar refractivity (Wildman–Crippen MR) is 74.2 cm³/mol. The van der Waals surface area contributed by atoms with Gasteiger partial charge in [0.1, 0.15) is 0 Å². The van der Waals surface area contributed by atoms with E-state index in [0.717, 1.165) is 19.1 Å². The zero-order valence-corrected chi connectivity index (χ0v) is 12.9. The summed E-state index contributed by atoms with van der Waals surface area (Å²) in [6.07, 6.45) is 1.73. The molecular weight excluding hydrogens is 302 g/mol. The molecule has 1 fully saturated rings. The van der Waals surface area contributed by atoms with Crippen molar-refractivity contribution in [1.82, 2.24) is 5.32 Å². The molecule has 8 heteroatoms. The van der Waals surface area contributed by atoms with Gasteiger partial charge < -0.3 is 10.1 Å². The second kappa shape index (κ2) is 5.44. The number of hydrogen-bond acceptors (Lipinski definition) is 6. The lowest BCUT2D eigenvalue weighted by Gasteiger charge is -2.24. The molecule has 1 unspecified atom stereocenters. The Balaban J connectivity index is 2.55. The van der Waals surface area contributed by atoms with Gasteiger partial charge in [0.15, 0.2) is 19.7 Å². The first-order chi connectivity index (χ1) is 9.19. The largest absolute Gasteiger partial charge is 0.371 e. The number of ether oxygens (including phenoxy) is 1. The highest BCUT2D eigenvalue weighted by atomic mass is 32.2. The van der Waals surface area contributed by atoms with Crippen molar-refractivity contribution in [2.75, 3.05) is 32.2 Å². The number of hydrogen-bond donors (Lipinski definition) is 1. The minimum Gasteiger partial charge on any atom is -0.371 e. The van der Waals surface area contributed by atoms with Crippen molar-refractivity contribution >= 4 is 19.7 Å². The third kappa shape index (κ3) is 3.38. The van der Waals surface area contributed by atoms with E-state index in [2.05, 4.69) is 5.32 Å². The zero-order chi connectivity index (χ0) is 15.0. The highest BCUT2D eigenvalue weighted by molar-refractivity contribution is 7.93. The maximum atomic E-state index is 11.8. The summed E-state index contributed by atoms with van der Waals surface area (Å²) in [7, 11) is -7.23. The highest BCUT2D eigenvalue weighted by Gasteiger charge is 2.24. The van der Waals surface area contributed by atoms with Crippen molar-refractivity contribution in [3.8, 4) is 0 Å². The Morgan fingerprint density at radius 1 is 1.10 bits per heavy atom. The quantitative estimate of drug-likeness (QED) is 0.853. The monoisotopic (exact) mass is 319 g/mol. The standard InChI is InChI=1S/C12H17NO5S2/c1-19(14,15)11-4-3-9(7-12(11)20(2,16)17)10-8-13-5-6-18-10/h3-4,7,10,13H,5-6,8H2,1-2H3. The van der Waals surface area contributed by atoms with Crippen molar-refractivity contribution < 1.29 is 21.6 Å². The minimum absolute atomic E-state index is 0.174. The summed E-state index contributed by atoms with van der Waals surface area (Å²) < 4.78 is 52.5. The summed E-state index contributed by atoms with van der Waals surface area (Å²) in [5.74, 6) is 0. The molecule has 1 N–H and O–H groups in total. The molecule has 1 aliphatic heterocycles. The topological polar surface area (TPSA) is 89.5 Å². The summed E-state index contributed by atoms with van der Waals surface area (Å²) in [6.45, 7) is 1.85. The lowest BCUT2D eigenvalue weighted by Crippen LogP contribution is -2.33. The fourth-order valence-electron chi connectivity index (χ4n) is 2.10. The normalized spacial score (nSPS) is 20.8. The Bertz CT molecular complexity index is 703. The van der Waals surface area contributed by atoms with E-state index in [1.807, 2.05) is 0 Å².